The van der Waals surface area contributed by atoms with Crippen molar-refractivity contribution in [1.82, 2.24) is 5.32 Å². The number of benzene rings is 2. The van der Waals surface area contributed by atoms with Crippen molar-refractivity contribution in [2.24, 2.45) is 0 Å². The molecular formula is C17H15ClFNO4S. The van der Waals surface area contributed by atoms with Gasteiger partial charge in [0.2, 0.25) is 0 Å². The first kappa shape index (κ1) is 17.8. The lowest BCUT2D eigenvalue weighted by atomic mass is 10.0. The van der Waals surface area contributed by atoms with Gasteiger partial charge in [-0.2, -0.15) is 0 Å². The molecule has 3 unspecified atom stereocenters. The maximum absolute atomic E-state index is 14.2. The lowest BCUT2D eigenvalue weighted by Gasteiger charge is -2.21. The molecule has 0 amide bonds. The second kappa shape index (κ2) is 6.74. The molecule has 2 N–H and O–H groups in total. The number of nitrogens with one attached hydrogen (secondary N) is 1. The van der Waals surface area contributed by atoms with E-state index in [1.54, 1.807) is 6.07 Å². The van der Waals surface area contributed by atoms with Crippen molar-refractivity contribution < 1.29 is 22.7 Å². The molecule has 2 aromatic rings. The number of rotatable bonds is 4. The summed E-state index contributed by atoms with van der Waals surface area (Å²) in [6.07, 6.45) is -0.153. The highest BCUT2D eigenvalue weighted by molar-refractivity contribution is 7.92. The van der Waals surface area contributed by atoms with Crippen molar-refractivity contribution in [2.75, 3.05) is 0 Å². The summed E-state index contributed by atoms with van der Waals surface area (Å²) >= 11 is 5.80. The van der Waals surface area contributed by atoms with Crippen molar-refractivity contribution in [1.29, 1.82) is 0 Å². The third kappa shape index (κ3) is 3.40. The van der Waals surface area contributed by atoms with Crippen LogP contribution in [0.2, 0.25) is 5.02 Å². The largest absolute Gasteiger partial charge is 0.480 e. The van der Waals surface area contributed by atoms with Crippen molar-refractivity contribution >= 4 is 27.4 Å². The zero-order valence-electron chi connectivity index (χ0n) is 12.9. The molecule has 0 radical (unpaired) electrons. The van der Waals surface area contributed by atoms with Crippen molar-refractivity contribution in [3.8, 4) is 0 Å². The van der Waals surface area contributed by atoms with Crippen LogP contribution in [0.5, 0.6) is 0 Å². The fraction of sp³-hybridized carbons (Fsp3) is 0.235. The molecule has 132 valence electrons. The van der Waals surface area contributed by atoms with Crippen molar-refractivity contribution in [3.63, 3.8) is 0 Å². The highest BCUT2D eigenvalue weighted by Gasteiger charge is 2.46. The first-order valence-electron chi connectivity index (χ1n) is 7.53. The van der Waals surface area contributed by atoms with E-state index in [4.69, 9.17) is 11.6 Å². The Labute approximate surface area is 149 Å². The molecule has 8 heteroatoms. The average molecular weight is 384 g/mol. The zero-order chi connectivity index (χ0) is 18.2. The van der Waals surface area contributed by atoms with Crippen LogP contribution < -0.4 is 5.32 Å². The van der Waals surface area contributed by atoms with Gasteiger partial charge in [-0.05, 0) is 36.8 Å². The molecule has 3 atom stereocenters. The van der Waals surface area contributed by atoms with Crippen LogP contribution in [0.15, 0.2) is 53.4 Å². The van der Waals surface area contributed by atoms with Gasteiger partial charge in [-0.3, -0.25) is 10.1 Å². The summed E-state index contributed by atoms with van der Waals surface area (Å²) in [7, 11) is -3.89. The van der Waals surface area contributed by atoms with Gasteiger partial charge in [0.25, 0.3) is 0 Å². The minimum Gasteiger partial charge on any atom is -0.480 e. The Kier molecular flexibility index (Phi) is 4.81. The summed E-state index contributed by atoms with van der Waals surface area (Å²) in [5.41, 5.74) is 0.133. The highest BCUT2D eigenvalue weighted by atomic mass is 35.5. The van der Waals surface area contributed by atoms with Gasteiger partial charge in [-0.15, -0.1) is 0 Å². The maximum Gasteiger partial charge on any atom is 0.320 e. The number of sulfone groups is 1. The molecule has 0 aliphatic carbocycles. The Balaban J connectivity index is 2.05. The number of halogens is 2. The number of aliphatic carboxylic acids is 1. The molecule has 0 bridgehead atoms. The number of hydrogen-bond acceptors (Lipinski definition) is 4. The van der Waals surface area contributed by atoms with E-state index in [2.05, 4.69) is 5.32 Å². The molecule has 1 aliphatic rings. The smallest absolute Gasteiger partial charge is 0.320 e. The van der Waals surface area contributed by atoms with Gasteiger partial charge in [-0.1, -0.05) is 29.8 Å². The molecule has 0 saturated carbocycles. The molecule has 1 saturated heterocycles. The Bertz CT molecular complexity index is 901. The summed E-state index contributed by atoms with van der Waals surface area (Å²) in [4.78, 5) is 11.4. The molecule has 0 aromatic heterocycles. The minimum absolute atomic E-state index is 0.0241. The molecule has 0 spiro atoms. The Morgan fingerprint density at radius 1 is 1.16 bits per heavy atom. The molecule has 5 nitrogen and oxygen atoms in total. The third-order valence-electron chi connectivity index (χ3n) is 4.30. The van der Waals surface area contributed by atoms with Crippen LogP contribution in [0.1, 0.15) is 18.0 Å². The molecular weight excluding hydrogens is 369 g/mol. The monoisotopic (exact) mass is 383 g/mol. The summed E-state index contributed by atoms with van der Waals surface area (Å²) in [6.45, 7) is 0. The summed E-state index contributed by atoms with van der Waals surface area (Å²) in [6, 6.07) is 9.35. The fourth-order valence-electron chi connectivity index (χ4n) is 3.05. The Morgan fingerprint density at radius 3 is 2.40 bits per heavy atom. The number of carboxylic acids is 1. The third-order valence-corrected chi connectivity index (χ3v) is 6.74. The van der Waals surface area contributed by atoms with Crippen LogP contribution in [-0.4, -0.2) is 30.8 Å². The predicted octanol–water partition coefficient (Wildman–Crippen LogP) is 2.81. The van der Waals surface area contributed by atoms with Gasteiger partial charge < -0.3 is 5.11 Å². The SMILES string of the molecule is O=C(O)C1CC(S(=O)(=O)c2ccc(Cl)cc2)C(c2ccccc2F)N1. The minimum atomic E-state index is -3.89. The standard InChI is InChI=1S/C17H15ClFNO4S/c18-10-5-7-11(8-6-10)25(23,24)15-9-14(17(21)22)20-16(15)12-3-1-2-4-13(12)19/h1-8,14-16,20H,9H2,(H,21,22). The maximum atomic E-state index is 14.2. The molecule has 1 aliphatic heterocycles. The number of hydrogen-bond donors (Lipinski definition) is 2. The van der Waals surface area contributed by atoms with Gasteiger partial charge >= 0.3 is 5.97 Å². The second-order valence-corrected chi connectivity index (χ2v) is 8.43. The quantitative estimate of drug-likeness (QED) is 0.848. The van der Waals surface area contributed by atoms with E-state index < -0.39 is 39.0 Å². The van der Waals surface area contributed by atoms with E-state index in [-0.39, 0.29) is 16.9 Å². The lowest BCUT2D eigenvalue weighted by molar-refractivity contribution is -0.139. The Hall–Kier alpha value is -1.96. The lowest BCUT2D eigenvalue weighted by Crippen LogP contribution is -2.33. The van der Waals surface area contributed by atoms with E-state index in [1.807, 2.05) is 0 Å². The van der Waals surface area contributed by atoms with E-state index in [9.17, 15) is 22.7 Å². The van der Waals surface area contributed by atoms with Crippen molar-refractivity contribution in [3.05, 3.63) is 64.9 Å². The van der Waals surface area contributed by atoms with Crippen LogP contribution in [0.4, 0.5) is 4.39 Å². The van der Waals surface area contributed by atoms with Gasteiger partial charge in [0.05, 0.1) is 16.2 Å². The van der Waals surface area contributed by atoms with E-state index in [0.29, 0.717) is 5.02 Å². The van der Waals surface area contributed by atoms with Gasteiger partial charge in [-0.25, -0.2) is 12.8 Å². The fourth-order valence-corrected chi connectivity index (χ4v) is 5.08. The van der Waals surface area contributed by atoms with Crippen molar-refractivity contribution in [2.45, 2.75) is 28.6 Å². The summed E-state index contributed by atoms with van der Waals surface area (Å²) in [5, 5.41) is 11.3. The normalized spacial score (nSPS) is 23.5. The van der Waals surface area contributed by atoms with Crippen LogP contribution in [0.3, 0.4) is 0 Å². The van der Waals surface area contributed by atoms with Gasteiger partial charge in [0, 0.05) is 10.6 Å². The first-order chi connectivity index (χ1) is 11.8. The number of carbonyl (C=O) groups is 1. The Morgan fingerprint density at radius 2 is 1.80 bits per heavy atom. The average Bonchev–Trinajstić information content (AvgIpc) is 3.02. The summed E-state index contributed by atoms with van der Waals surface area (Å²) in [5.74, 6) is -1.75. The predicted molar refractivity (Wildman–Crippen MR) is 90.7 cm³/mol. The molecule has 1 fully saturated rings. The van der Waals surface area contributed by atoms with Crippen LogP contribution in [0.25, 0.3) is 0 Å². The molecule has 2 aromatic carbocycles. The van der Waals surface area contributed by atoms with E-state index in [0.717, 1.165) is 0 Å². The molecule has 3 rings (SSSR count). The van der Waals surface area contributed by atoms with E-state index >= 15 is 0 Å². The zero-order valence-corrected chi connectivity index (χ0v) is 14.5. The number of carboxylic acid groups (broad SMARTS) is 1. The highest BCUT2D eigenvalue weighted by Crippen LogP contribution is 2.36. The molecule has 1 heterocycles. The summed E-state index contributed by atoms with van der Waals surface area (Å²) < 4.78 is 40.2. The van der Waals surface area contributed by atoms with Crippen LogP contribution in [0, 0.1) is 5.82 Å². The van der Waals surface area contributed by atoms with Gasteiger partial charge in [0.1, 0.15) is 11.9 Å². The van der Waals surface area contributed by atoms with Crippen LogP contribution >= 0.6 is 11.6 Å². The van der Waals surface area contributed by atoms with Crippen LogP contribution in [-0.2, 0) is 14.6 Å². The second-order valence-electron chi connectivity index (χ2n) is 5.83. The van der Waals surface area contributed by atoms with E-state index in [1.165, 1.54) is 42.5 Å². The first-order valence-corrected chi connectivity index (χ1v) is 9.46. The topological polar surface area (TPSA) is 83.5 Å². The molecule has 25 heavy (non-hydrogen) atoms. The van der Waals surface area contributed by atoms with Gasteiger partial charge in [0.15, 0.2) is 9.84 Å².